The van der Waals surface area contributed by atoms with E-state index >= 15 is 0 Å². The maximum absolute atomic E-state index is 12.2. The van der Waals surface area contributed by atoms with Gasteiger partial charge in [0.15, 0.2) is 0 Å². The highest BCUT2D eigenvalue weighted by atomic mass is 16.5. The molecule has 1 aromatic heterocycles. The Kier molecular flexibility index (Phi) is 6.12. The first kappa shape index (κ1) is 17.7. The Bertz CT molecular complexity index is 679. The minimum Gasteiger partial charge on any atom is -0.467 e. The van der Waals surface area contributed by atoms with Crippen molar-refractivity contribution >= 4 is 11.9 Å². The highest BCUT2D eigenvalue weighted by molar-refractivity contribution is 5.85. The van der Waals surface area contributed by atoms with Gasteiger partial charge in [-0.2, -0.15) is 0 Å². The molecule has 0 aliphatic rings. The number of methoxy groups -OCH3 is 1. The molecule has 0 spiro atoms. The summed E-state index contributed by atoms with van der Waals surface area (Å²) in [7, 11) is 1.31. The molecule has 1 N–H and O–H groups in total. The molecule has 6 heteroatoms. The van der Waals surface area contributed by atoms with Crippen molar-refractivity contribution in [3.63, 3.8) is 0 Å². The second kappa shape index (κ2) is 8.29. The zero-order valence-electron chi connectivity index (χ0n) is 14.1. The Labute approximate surface area is 141 Å². The molecule has 0 saturated carbocycles. The topological polar surface area (TPSA) is 81.4 Å². The van der Waals surface area contributed by atoms with Gasteiger partial charge >= 0.3 is 5.97 Å². The second-order valence-electron chi connectivity index (χ2n) is 5.96. The lowest BCUT2D eigenvalue weighted by Gasteiger charge is -2.17. The number of nitrogens with zero attached hydrogens (tertiary/aromatic N) is 1. The number of amides is 1. The number of hydrogen-bond donors (Lipinski definition) is 1. The van der Waals surface area contributed by atoms with Gasteiger partial charge in [-0.1, -0.05) is 32.0 Å². The summed E-state index contributed by atoms with van der Waals surface area (Å²) in [6.45, 7) is 3.96. The van der Waals surface area contributed by atoms with E-state index in [1.54, 1.807) is 0 Å². The lowest BCUT2D eigenvalue weighted by Crippen LogP contribution is -2.43. The third kappa shape index (κ3) is 4.94. The number of hydrogen-bond acceptors (Lipinski definition) is 5. The zero-order chi connectivity index (χ0) is 17.5. The van der Waals surface area contributed by atoms with Gasteiger partial charge in [0.1, 0.15) is 12.3 Å². The molecular formula is C18H22N2O4. The van der Waals surface area contributed by atoms with E-state index in [1.165, 1.54) is 13.4 Å². The molecule has 0 saturated heterocycles. The van der Waals surface area contributed by atoms with E-state index in [9.17, 15) is 9.59 Å². The molecule has 0 fully saturated rings. The summed E-state index contributed by atoms with van der Waals surface area (Å²) in [5.41, 5.74) is 1.36. The van der Waals surface area contributed by atoms with Crippen LogP contribution >= 0.6 is 0 Å². The fraction of sp³-hybridized carbons (Fsp3) is 0.389. The Morgan fingerprint density at radius 1 is 1.25 bits per heavy atom. The monoisotopic (exact) mass is 330 g/mol. The van der Waals surface area contributed by atoms with Crippen LogP contribution in [0.15, 0.2) is 41.0 Å². The van der Waals surface area contributed by atoms with Gasteiger partial charge in [0.2, 0.25) is 11.8 Å². The lowest BCUT2D eigenvalue weighted by atomic mass is 10.0. The molecular weight excluding hydrogens is 308 g/mol. The van der Waals surface area contributed by atoms with Crippen LogP contribution < -0.4 is 5.32 Å². The number of carbonyl (C=O) groups excluding carboxylic acids is 2. The summed E-state index contributed by atoms with van der Waals surface area (Å²) < 4.78 is 10.1. The third-order valence-corrected chi connectivity index (χ3v) is 3.44. The van der Waals surface area contributed by atoms with Crippen molar-refractivity contribution in [1.29, 1.82) is 0 Å². The van der Waals surface area contributed by atoms with Crippen LogP contribution in [0.25, 0.3) is 11.5 Å². The van der Waals surface area contributed by atoms with Crippen molar-refractivity contribution in [2.24, 2.45) is 5.92 Å². The van der Waals surface area contributed by atoms with Gasteiger partial charge < -0.3 is 14.5 Å². The molecule has 0 aliphatic heterocycles. The molecule has 1 amide bonds. The number of aromatic nitrogens is 1. The highest BCUT2D eigenvalue weighted by Crippen LogP contribution is 2.18. The van der Waals surface area contributed by atoms with E-state index in [4.69, 9.17) is 9.15 Å². The number of rotatable bonds is 7. The van der Waals surface area contributed by atoms with Crippen LogP contribution in [-0.4, -0.2) is 30.0 Å². The van der Waals surface area contributed by atoms with Crippen molar-refractivity contribution in [2.45, 2.75) is 32.7 Å². The van der Waals surface area contributed by atoms with Gasteiger partial charge in [0, 0.05) is 5.56 Å². The quantitative estimate of drug-likeness (QED) is 0.789. The molecule has 24 heavy (non-hydrogen) atoms. The lowest BCUT2D eigenvalue weighted by molar-refractivity contribution is -0.145. The van der Waals surface area contributed by atoms with E-state index in [2.05, 4.69) is 10.3 Å². The van der Waals surface area contributed by atoms with Crippen molar-refractivity contribution in [1.82, 2.24) is 10.3 Å². The molecule has 1 unspecified atom stereocenters. The Balaban J connectivity index is 1.99. The first-order valence-electron chi connectivity index (χ1n) is 7.86. The molecule has 0 aliphatic carbocycles. The van der Waals surface area contributed by atoms with Gasteiger partial charge in [-0.3, -0.25) is 4.79 Å². The van der Waals surface area contributed by atoms with Crippen LogP contribution in [0.5, 0.6) is 0 Å². The van der Waals surface area contributed by atoms with Gasteiger partial charge in [-0.25, -0.2) is 9.78 Å². The summed E-state index contributed by atoms with van der Waals surface area (Å²) in [6.07, 6.45) is 2.02. The molecule has 2 aromatic rings. The average Bonchev–Trinajstić information content (AvgIpc) is 3.02. The van der Waals surface area contributed by atoms with Crippen LogP contribution in [0, 0.1) is 5.92 Å². The number of carbonyl (C=O) groups is 2. The normalized spacial score (nSPS) is 12.0. The minimum absolute atomic E-state index is 0.0436. The average molecular weight is 330 g/mol. The molecule has 1 heterocycles. The maximum atomic E-state index is 12.2. The molecule has 1 aromatic carbocycles. The number of esters is 1. The van der Waals surface area contributed by atoms with Crippen LogP contribution in [0.3, 0.4) is 0 Å². The molecule has 2 rings (SSSR count). The predicted molar refractivity (Wildman–Crippen MR) is 89.0 cm³/mol. The van der Waals surface area contributed by atoms with E-state index < -0.39 is 12.0 Å². The van der Waals surface area contributed by atoms with Gasteiger partial charge in [0.05, 0.1) is 19.2 Å². The first-order valence-corrected chi connectivity index (χ1v) is 7.86. The van der Waals surface area contributed by atoms with E-state index in [1.807, 2.05) is 44.2 Å². The Morgan fingerprint density at radius 3 is 2.58 bits per heavy atom. The SMILES string of the molecule is COC(=O)C(CC(C)C)NC(=O)Cc1coc(-c2ccccc2)n1. The number of benzene rings is 1. The maximum Gasteiger partial charge on any atom is 0.328 e. The molecule has 0 bridgehead atoms. The first-order chi connectivity index (χ1) is 11.5. The van der Waals surface area contributed by atoms with E-state index in [-0.39, 0.29) is 18.2 Å². The molecule has 128 valence electrons. The van der Waals surface area contributed by atoms with E-state index in [0.29, 0.717) is 18.0 Å². The standard InChI is InChI=1S/C18H22N2O4/c1-12(2)9-15(18(22)23-3)20-16(21)10-14-11-24-17(19-14)13-7-5-4-6-8-13/h4-8,11-12,15H,9-10H2,1-3H3,(H,20,21). The fourth-order valence-electron chi connectivity index (χ4n) is 2.34. The minimum atomic E-state index is -0.650. The molecule has 6 nitrogen and oxygen atoms in total. The fourth-order valence-corrected chi connectivity index (χ4v) is 2.34. The molecule has 0 radical (unpaired) electrons. The second-order valence-corrected chi connectivity index (χ2v) is 5.96. The highest BCUT2D eigenvalue weighted by Gasteiger charge is 2.23. The van der Waals surface area contributed by atoms with Crippen LogP contribution in [0.1, 0.15) is 26.0 Å². The van der Waals surface area contributed by atoms with E-state index in [0.717, 1.165) is 5.56 Å². The van der Waals surface area contributed by atoms with Gasteiger partial charge in [-0.05, 0) is 24.5 Å². The molecule has 1 atom stereocenters. The number of oxazole rings is 1. The van der Waals surface area contributed by atoms with Crippen molar-refractivity contribution in [3.8, 4) is 11.5 Å². The predicted octanol–water partition coefficient (Wildman–Crippen LogP) is 2.59. The Hall–Kier alpha value is -2.63. The van der Waals surface area contributed by atoms with Crippen LogP contribution in [-0.2, 0) is 20.7 Å². The van der Waals surface area contributed by atoms with Crippen LogP contribution in [0.4, 0.5) is 0 Å². The summed E-state index contributed by atoms with van der Waals surface area (Å²) in [6, 6.07) is 8.79. The third-order valence-electron chi connectivity index (χ3n) is 3.44. The summed E-state index contributed by atoms with van der Waals surface area (Å²) in [4.78, 5) is 28.2. The Morgan fingerprint density at radius 2 is 1.96 bits per heavy atom. The smallest absolute Gasteiger partial charge is 0.328 e. The van der Waals surface area contributed by atoms with Gasteiger partial charge in [0.25, 0.3) is 0 Å². The van der Waals surface area contributed by atoms with Gasteiger partial charge in [-0.15, -0.1) is 0 Å². The van der Waals surface area contributed by atoms with Crippen molar-refractivity contribution in [3.05, 3.63) is 42.3 Å². The number of ether oxygens (including phenoxy) is 1. The number of nitrogens with one attached hydrogen (secondary N) is 1. The van der Waals surface area contributed by atoms with Crippen molar-refractivity contribution in [2.75, 3.05) is 7.11 Å². The van der Waals surface area contributed by atoms with Crippen molar-refractivity contribution < 1.29 is 18.7 Å². The van der Waals surface area contributed by atoms with Crippen LogP contribution in [0.2, 0.25) is 0 Å². The summed E-state index contributed by atoms with van der Waals surface area (Å²) >= 11 is 0. The summed E-state index contributed by atoms with van der Waals surface area (Å²) in [5, 5.41) is 2.70. The zero-order valence-corrected chi connectivity index (χ0v) is 14.1. The summed E-state index contributed by atoms with van der Waals surface area (Å²) in [5.74, 6) is -0.0163. The largest absolute Gasteiger partial charge is 0.467 e.